The Morgan fingerprint density at radius 2 is 1.76 bits per heavy atom. The Morgan fingerprint density at radius 1 is 1.07 bits per heavy atom. The number of para-hydroxylation sites is 2. The zero-order valence-electron chi connectivity index (χ0n) is 21.9. The first-order valence-electron chi connectivity index (χ1n) is 12.1. The van der Waals surface area contributed by atoms with Crippen molar-refractivity contribution in [2.45, 2.75) is 33.4 Å². The van der Waals surface area contributed by atoms with Gasteiger partial charge in [-0.05, 0) is 42.0 Å². The van der Waals surface area contributed by atoms with E-state index in [0.717, 1.165) is 22.0 Å². The van der Waals surface area contributed by atoms with Gasteiger partial charge in [-0.1, -0.05) is 75.9 Å². The number of hydrogen-bond donors (Lipinski definition) is 1. The van der Waals surface area contributed by atoms with Crippen LogP contribution < -0.4 is 10.1 Å². The van der Waals surface area contributed by atoms with Crippen molar-refractivity contribution in [3.63, 3.8) is 0 Å². The van der Waals surface area contributed by atoms with E-state index in [0.29, 0.717) is 10.1 Å². The quantitative estimate of drug-likeness (QED) is 0.0691. The van der Waals surface area contributed by atoms with Crippen LogP contribution in [0.5, 0.6) is 5.75 Å². The van der Waals surface area contributed by atoms with E-state index < -0.39 is 45.6 Å². The molecule has 16 heteroatoms. The normalized spacial score (nSPS) is 17.3. The zero-order chi connectivity index (χ0) is 30.4. The monoisotopic (exact) mass is 689 g/mol. The molecule has 222 valence electrons. The number of carbonyl (C=O) groups excluding carboxylic acids is 4. The largest absolute Gasteiger partial charge is 0.484 e. The van der Waals surface area contributed by atoms with Crippen molar-refractivity contribution >= 4 is 102 Å². The Hall–Kier alpha value is -2.68. The van der Waals surface area contributed by atoms with Gasteiger partial charge in [-0.15, -0.1) is 11.3 Å². The summed E-state index contributed by atoms with van der Waals surface area (Å²) in [6.07, 6.45) is 0. The summed E-state index contributed by atoms with van der Waals surface area (Å²) in [4.78, 5) is 56.7. The third-order valence-corrected chi connectivity index (χ3v) is 9.74. The van der Waals surface area contributed by atoms with Crippen molar-refractivity contribution in [3.05, 3.63) is 66.1 Å². The maximum absolute atomic E-state index is 13.4. The smallest absolute Gasteiger partial charge is 0.358 e. The van der Waals surface area contributed by atoms with Gasteiger partial charge >= 0.3 is 11.9 Å². The molecule has 2 aromatic carbocycles. The molecule has 1 fully saturated rings. The minimum atomic E-state index is -1.93. The molecule has 2 amide bonds. The summed E-state index contributed by atoms with van der Waals surface area (Å²) in [6.45, 7) is 1.47. The molecule has 0 radical (unpaired) electrons. The van der Waals surface area contributed by atoms with Crippen LogP contribution in [-0.2, 0) is 28.7 Å². The van der Waals surface area contributed by atoms with Crippen molar-refractivity contribution in [2.24, 2.45) is 0 Å². The van der Waals surface area contributed by atoms with E-state index in [1.54, 1.807) is 30.3 Å². The number of nitrogens with one attached hydrogen (secondary N) is 1. The SMILES string of the molecule is CC(=O)OC(C)=C(C(=O)OCC(Cl)(Cl)Cl)N1C(=O)C(NC(=O)COc2ccccc2)C1SSc1nc2ccccc2s1. The molecule has 0 aliphatic carbocycles. The molecule has 4 rings (SSSR count). The van der Waals surface area contributed by atoms with Crippen LogP contribution in [0.2, 0.25) is 0 Å². The Kier molecular flexibility index (Phi) is 10.9. The highest BCUT2D eigenvalue weighted by Gasteiger charge is 2.53. The van der Waals surface area contributed by atoms with Gasteiger partial charge in [0, 0.05) is 6.92 Å². The van der Waals surface area contributed by atoms with Crippen molar-refractivity contribution in [1.82, 2.24) is 15.2 Å². The predicted molar refractivity (Wildman–Crippen MR) is 163 cm³/mol. The number of esters is 2. The number of benzene rings is 2. The summed E-state index contributed by atoms with van der Waals surface area (Å²) in [7, 11) is 2.42. The first-order valence-corrected chi connectivity index (χ1v) is 16.2. The maximum atomic E-state index is 13.4. The van der Waals surface area contributed by atoms with Crippen LogP contribution in [-0.4, -0.2) is 62.1 Å². The number of nitrogens with zero attached hydrogens (tertiary/aromatic N) is 2. The van der Waals surface area contributed by atoms with Crippen LogP contribution in [0, 0.1) is 0 Å². The van der Waals surface area contributed by atoms with Crippen LogP contribution in [0.1, 0.15) is 13.8 Å². The Morgan fingerprint density at radius 3 is 2.43 bits per heavy atom. The summed E-state index contributed by atoms with van der Waals surface area (Å²) >= 11 is 18.6. The standard InChI is InChI=1S/C26H22Cl3N3O7S3/c1-14(39-15(2)33)21(24(36)38-13-26(27,28)29)32-22(35)20(31-19(34)12-37-16-8-4-3-5-9-16)23(32)41-42-25-30-17-10-6-7-11-18(17)40-25/h3-11,20,23H,12-13H2,1-2H3,(H,31,34). The number of hydrogen-bond acceptors (Lipinski definition) is 11. The second-order valence-electron chi connectivity index (χ2n) is 8.56. The highest BCUT2D eigenvalue weighted by molar-refractivity contribution is 8.77. The van der Waals surface area contributed by atoms with Crippen molar-refractivity contribution in [3.8, 4) is 5.75 Å². The van der Waals surface area contributed by atoms with Gasteiger partial charge in [-0.25, -0.2) is 9.78 Å². The Labute approximate surface area is 267 Å². The summed E-state index contributed by atoms with van der Waals surface area (Å²) in [6, 6.07) is 15.2. The summed E-state index contributed by atoms with van der Waals surface area (Å²) in [5.74, 6) is -2.75. The van der Waals surface area contributed by atoms with E-state index in [4.69, 9.17) is 49.0 Å². The lowest BCUT2D eigenvalue weighted by Gasteiger charge is -2.46. The Bertz CT molecular complexity index is 1480. The number of thiazole rings is 1. The minimum absolute atomic E-state index is 0.210. The van der Waals surface area contributed by atoms with Gasteiger partial charge in [0.1, 0.15) is 29.5 Å². The van der Waals surface area contributed by atoms with Gasteiger partial charge in [0.2, 0.25) is 3.79 Å². The zero-order valence-corrected chi connectivity index (χ0v) is 26.6. The number of alkyl halides is 3. The molecule has 1 aliphatic rings. The lowest BCUT2D eigenvalue weighted by atomic mass is 10.1. The summed E-state index contributed by atoms with van der Waals surface area (Å²) in [5.41, 5.74) is 0.425. The van der Waals surface area contributed by atoms with Crippen molar-refractivity contribution < 1.29 is 33.4 Å². The van der Waals surface area contributed by atoms with Crippen LogP contribution >= 0.6 is 67.7 Å². The minimum Gasteiger partial charge on any atom is -0.484 e. The molecule has 1 N–H and O–H groups in total. The lowest BCUT2D eigenvalue weighted by molar-refractivity contribution is -0.153. The van der Waals surface area contributed by atoms with Gasteiger partial charge < -0.3 is 19.5 Å². The topological polar surface area (TPSA) is 124 Å². The number of carbonyl (C=O) groups is 4. The van der Waals surface area contributed by atoms with E-state index >= 15 is 0 Å². The fourth-order valence-corrected chi connectivity index (χ4v) is 7.76. The average molecular weight is 691 g/mol. The number of amides is 2. The van der Waals surface area contributed by atoms with Gasteiger partial charge in [0.15, 0.2) is 16.6 Å². The molecule has 0 saturated carbocycles. The molecular weight excluding hydrogens is 669 g/mol. The van der Waals surface area contributed by atoms with Gasteiger partial charge in [-0.3, -0.25) is 19.3 Å². The summed E-state index contributed by atoms with van der Waals surface area (Å²) < 4.78 is 15.5. The number of ether oxygens (including phenoxy) is 3. The fraction of sp³-hybridized carbons (Fsp3) is 0.269. The van der Waals surface area contributed by atoms with E-state index in [-0.39, 0.29) is 18.1 Å². The Balaban J connectivity index is 1.58. The van der Waals surface area contributed by atoms with E-state index in [1.165, 1.54) is 39.8 Å². The van der Waals surface area contributed by atoms with Crippen molar-refractivity contribution in [1.29, 1.82) is 0 Å². The predicted octanol–water partition coefficient (Wildman–Crippen LogP) is 5.48. The summed E-state index contributed by atoms with van der Waals surface area (Å²) in [5, 5.41) is 1.81. The molecular formula is C26H22Cl3N3O7S3. The fourth-order valence-electron chi connectivity index (χ4n) is 3.68. The molecule has 0 spiro atoms. The van der Waals surface area contributed by atoms with Crippen LogP contribution in [0.3, 0.4) is 0 Å². The van der Waals surface area contributed by atoms with Gasteiger partial charge in [0.25, 0.3) is 11.8 Å². The number of aromatic nitrogens is 1. The van der Waals surface area contributed by atoms with E-state index in [9.17, 15) is 19.2 Å². The molecule has 3 aromatic rings. The van der Waals surface area contributed by atoms with Crippen LogP contribution in [0.4, 0.5) is 0 Å². The molecule has 1 aromatic heterocycles. The number of likely N-dealkylation sites (tertiary alicyclic amines) is 1. The molecule has 2 heterocycles. The third-order valence-electron chi connectivity index (χ3n) is 5.40. The molecule has 10 nitrogen and oxygen atoms in total. The number of fused-ring (bicyclic) bond motifs is 1. The van der Waals surface area contributed by atoms with Crippen LogP contribution in [0.25, 0.3) is 10.2 Å². The second kappa shape index (κ2) is 14.2. The molecule has 42 heavy (non-hydrogen) atoms. The van der Waals surface area contributed by atoms with Gasteiger partial charge in [-0.2, -0.15) is 0 Å². The molecule has 2 unspecified atom stereocenters. The second-order valence-corrected chi connectivity index (χ2v) is 14.7. The number of rotatable bonds is 11. The number of allylic oxidation sites excluding steroid dienone is 1. The average Bonchev–Trinajstić information content (AvgIpc) is 3.36. The lowest BCUT2D eigenvalue weighted by Crippen LogP contribution is -2.69. The van der Waals surface area contributed by atoms with E-state index in [2.05, 4.69) is 10.3 Å². The highest BCUT2D eigenvalue weighted by atomic mass is 35.6. The highest BCUT2D eigenvalue weighted by Crippen LogP contribution is 2.46. The third kappa shape index (κ3) is 8.45. The molecule has 0 bridgehead atoms. The van der Waals surface area contributed by atoms with Crippen LogP contribution in [0.15, 0.2) is 70.4 Å². The number of halogens is 3. The molecule has 1 saturated heterocycles. The first-order chi connectivity index (χ1) is 19.9. The molecule has 2 atom stereocenters. The molecule has 1 aliphatic heterocycles. The van der Waals surface area contributed by atoms with Crippen molar-refractivity contribution in [2.75, 3.05) is 13.2 Å². The number of β-lactam (4-membered cyclic amide) rings is 1. The first kappa shape index (κ1) is 32.2. The maximum Gasteiger partial charge on any atom is 0.358 e. The van der Waals surface area contributed by atoms with E-state index in [1.807, 2.05) is 24.3 Å². The van der Waals surface area contributed by atoms with Gasteiger partial charge in [0.05, 0.1) is 10.2 Å².